The molecular formula is C19H20N2O3. The van der Waals surface area contributed by atoms with Crippen LogP contribution in [-0.4, -0.2) is 42.5 Å². The van der Waals surface area contributed by atoms with E-state index in [4.69, 9.17) is 10.5 Å². The Kier molecular flexibility index (Phi) is 4.91. The molecular weight excluding hydrogens is 304 g/mol. The van der Waals surface area contributed by atoms with E-state index in [-0.39, 0.29) is 12.5 Å². The Bertz CT molecular complexity index is 713. The van der Waals surface area contributed by atoms with E-state index in [9.17, 15) is 9.59 Å². The molecule has 0 aromatic heterocycles. The average Bonchev–Trinajstić information content (AvgIpc) is 2.63. The van der Waals surface area contributed by atoms with Crippen molar-refractivity contribution in [2.75, 3.05) is 19.7 Å². The van der Waals surface area contributed by atoms with Crippen LogP contribution in [0.4, 0.5) is 0 Å². The minimum Gasteiger partial charge on any atom is -0.367 e. The Balaban J connectivity index is 1.63. The zero-order valence-electron chi connectivity index (χ0n) is 13.4. The summed E-state index contributed by atoms with van der Waals surface area (Å²) in [7, 11) is 0. The zero-order chi connectivity index (χ0) is 16.9. The molecule has 3 rings (SSSR count). The molecule has 1 aliphatic heterocycles. The van der Waals surface area contributed by atoms with Crippen LogP contribution in [0, 0.1) is 0 Å². The number of hydrogen-bond donors (Lipinski definition) is 1. The van der Waals surface area contributed by atoms with Gasteiger partial charge in [-0.15, -0.1) is 0 Å². The third-order valence-electron chi connectivity index (χ3n) is 4.15. The van der Waals surface area contributed by atoms with E-state index in [1.807, 2.05) is 42.5 Å². The molecule has 1 atom stereocenters. The van der Waals surface area contributed by atoms with Crippen molar-refractivity contribution in [2.45, 2.75) is 12.5 Å². The molecule has 0 spiro atoms. The van der Waals surface area contributed by atoms with Gasteiger partial charge in [-0.05, 0) is 16.7 Å². The molecule has 5 nitrogen and oxygen atoms in total. The van der Waals surface area contributed by atoms with Gasteiger partial charge in [0.15, 0.2) is 6.10 Å². The zero-order valence-corrected chi connectivity index (χ0v) is 13.4. The second kappa shape index (κ2) is 7.27. The summed E-state index contributed by atoms with van der Waals surface area (Å²) in [6.45, 7) is 1.06. The van der Waals surface area contributed by atoms with E-state index in [1.54, 1.807) is 4.90 Å². The predicted molar refractivity (Wildman–Crippen MR) is 91.1 cm³/mol. The average molecular weight is 324 g/mol. The Hall–Kier alpha value is -2.66. The lowest BCUT2D eigenvalue weighted by atomic mass is 10.0. The van der Waals surface area contributed by atoms with Gasteiger partial charge in [-0.2, -0.15) is 0 Å². The van der Waals surface area contributed by atoms with Crippen LogP contribution in [0.15, 0.2) is 54.6 Å². The number of rotatable bonds is 4. The van der Waals surface area contributed by atoms with Crippen molar-refractivity contribution >= 4 is 11.8 Å². The summed E-state index contributed by atoms with van der Waals surface area (Å²) >= 11 is 0. The molecule has 1 unspecified atom stereocenters. The van der Waals surface area contributed by atoms with Crippen LogP contribution in [0.1, 0.15) is 5.56 Å². The first-order valence-electron chi connectivity index (χ1n) is 7.96. The highest BCUT2D eigenvalue weighted by Crippen LogP contribution is 2.19. The van der Waals surface area contributed by atoms with Gasteiger partial charge in [0.2, 0.25) is 11.8 Å². The minimum absolute atomic E-state index is 0.0167. The van der Waals surface area contributed by atoms with Crippen LogP contribution >= 0.6 is 0 Å². The van der Waals surface area contributed by atoms with Crippen molar-refractivity contribution in [3.05, 3.63) is 60.2 Å². The fourth-order valence-corrected chi connectivity index (χ4v) is 2.78. The summed E-state index contributed by atoms with van der Waals surface area (Å²) in [6.07, 6.45) is -0.399. The van der Waals surface area contributed by atoms with Crippen LogP contribution in [0.2, 0.25) is 0 Å². The highest BCUT2D eigenvalue weighted by molar-refractivity contribution is 5.82. The van der Waals surface area contributed by atoms with E-state index in [0.717, 1.165) is 16.7 Å². The summed E-state index contributed by atoms with van der Waals surface area (Å²) in [4.78, 5) is 25.3. The number of carbonyl (C=O) groups excluding carboxylic acids is 2. The van der Waals surface area contributed by atoms with Crippen molar-refractivity contribution in [3.63, 3.8) is 0 Å². The number of benzene rings is 2. The van der Waals surface area contributed by atoms with Crippen molar-refractivity contribution in [1.82, 2.24) is 4.90 Å². The number of carbonyl (C=O) groups is 2. The molecule has 2 amide bonds. The van der Waals surface area contributed by atoms with Crippen LogP contribution in [0.3, 0.4) is 0 Å². The number of amides is 2. The highest BCUT2D eigenvalue weighted by Gasteiger charge is 2.27. The normalized spacial score (nSPS) is 17.5. The van der Waals surface area contributed by atoms with Crippen LogP contribution in [0.5, 0.6) is 0 Å². The van der Waals surface area contributed by atoms with Gasteiger partial charge in [0.25, 0.3) is 0 Å². The van der Waals surface area contributed by atoms with Crippen LogP contribution < -0.4 is 5.73 Å². The molecule has 2 N–H and O–H groups in total. The second-order valence-corrected chi connectivity index (χ2v) is 5.84. The fraction of sp³-hybridized carbons (Fsp3) is 0.263. The van der Waals surface area contributed by atoms with Gasteiger partial charge in [-0.1, -0.05) is 54.6 Å². The first-order chi connectivity index (χ1) is 11.6. The first-order valence-corrected chi connectivity index (χ1v) is 7.96. The summed E-state index contributed by atoms with van der Waals surface area (Å²) in [5, 5.41) is 0. The molecule has 0 radical (unpaired) electrons. The standard InChI is InChI=1S/C19H20N2O3/c20-19(23)17-13-21(10-11-24-17)18(22)12-14-6-8-16(9-7-14)15-4-2-1-3-5-15/h1-9,17H,10-13H2,(H2,20,23). The summed E-state index contributed by atoms with van der Waals surface area (Å²) in [5.74, 6) is -0.545. The lowest BCUT2D eigenvalue weighted by Crippen LogP contribution is -2.50. The third kappa shape index (κ3) is 3.81. The maximum absolute atomic E-state index is 12.4. The van der Waals surface area contributed by atoms with Gasteiger partial charge < -0.3 is 15.4 Å². The number of ether oxygens (including phenoxy) is 1. The molecule has 1 aliphatic rings. The van der Waals surface area contributed by atoms with Gasteiger partial charge in [-0.3, -0.25) is 9.59 Å². The van der Waals surface area contributed by atoms with E-state index >= 15 is 0 Å². The van der Waals surface area contributed by atoms with E-state index in [1.165, 1.54) is 0 Å². The molecule has 1 heterocycles. The Morgan fingerprint density at radius 2 is 1.71 bits per heavy atom. The number of nitrogens with zero attached hydrogens (tertiary/aromatic N) is 1. The van der Waals surface area contributed by atoms with Crippen molar-refractivity contribution in [2.24, 2.45) is 5.73 Å². The summed E-state index contributed by atoms with van der Waals surface area (Å²) in [6, 6.07) is 18.1. The maximum Gasteiger partial charge on any atom is 0.248 e. The van der Waals surface area contributed by atoms with Crippen molar-refractivity contribution < 1.29 is 14.3 Å². The minimum atomic E-state index is -0.705. The quantitative estimate of drug-likeness (QED) is 0.928. The molecule has 24 heavy (non-hydrogen) atoms. The van der Waals surface area contributed by atoms with E-state index in [2.05, 4.69) is 12.1 Å². The van der Waals surface area contributed by atoms with Crippen molar-refractivity contribution in [1.29, 1.82) is 0 Å². The number of morpholine rings is 1. The Labute approximate surface area is 141 Å². The first kappa shape index (κ1) is 16.2. The molecule has 124 valence electrons. The summed E-state index contributed by atoms with van der Waals surface area (Å²) in [5.41, 5.74) is 8.46. The van der Waals surface area contributed by atoms with Gasteiger partial charge in [0.05, 0.1) is 19.6 Å². The molecule has 2 aromatic carbocycles. The molecule has 1 fully saturated rings. The van der Waals surface area contributed by atoms with Gasteiger partial charge in [0.1, 0.15) is 0 Å². The molecule has 2 aromatic rings. The molecule has 0 saturated carbocycles. The second-order valence-electron chi connectivity index (χ2n) is 5.84. The highest BCUT2D eigenvalue weighted by atomic mass is 16.5. The topological polar surface area (TPSA) is 72.6 Å². The van der Waals surface area contributed by atoms with Crippen molar-refractivity contribution in [3.8, 4) is 11.1 Å². The monoisotopic (exact) mass is 324 g/mol. The summed E-state index contributed by atoms with van der Waals surface area (Å²) < 4.78 is 5.27. The lowest BCUT2D eigenvalue weighted by molar-refractivity contribution is -0.145. The Morgan fingerprint density at radius 1 is 1.04 bits per heavy atom. The fourth-order valence-electron chi connectivity index (χ4n) is 2.78. The number of hydrogen-bond acceptors (Lipinski definition) is 3. The molecule has 0 aliphatic carbocycles. The maximum atomic E-state index is 12.4. The Morgan fingerprint density at radius 3 is 2.38 bits per heavy atom. The van der Waals surface area contributed by atoms with Crippen LogP contribution in [-0.2, 0) is 20.7 Å². The molecule has 0 bridgehead atoms. The number of primary amides is 1. The SMILES string of the molecule is NC(=O)C1CN(C(=O)Cc2ccc(-c3ccccc3)cc2)CCO1. The smallest absolute Gasteiger partial charge is 0.248 e. The van der Waals surface area contributed by atoms with Gasteiger partial charge in [-0.25, -0.2) is 0 Å². The van der Waals surface area contributed by atoms with E-state index in [0.29, 0.717) is 19.6 Å². The predicted octanol–water partition coefficient (Wildman–Crippen LogP) is 1.61. The lowest BCUT2D eigenvalue weighted by Gasteiger charge is -2.31. The molecule has 5 heteroatoms. The van der Waals surface area contributed by atoms with Crippen LogP contribution in [0.25, 0.3) is 11.1 Å². The van der Waals surface area contributed by atoms with Gasteiger partial charge in [0, 0.05) is 6.54 Å². The third-order valence-corrected chi connectivity index (χ3v) is 4.15. The van der Waals surface area contributed by atoms with E-state index < -0.39 is 12.0 Å². The largest absolute Gasteiger partial charge is 0.367 e. The number of nitrogens with two attached hydrogens (primary N) is 1. The molecule has 1 saturated heterocycles. The van der Waals surface area contributed by atoms with Gasteiger partial charge >= 0.3 is 0 Å².